The maximum Gasteiger partial charge on any atom is 0.225 e. The first kappa shape index (κ1) is 13.3. The van der Waals surface area contributed by atoms with Gasteiger partial charge in [-0.05, 0) is 18.9 Å². The normalized spacial score (nSPS) is 10.4. The standard InChI is InChI=1S/C15H19N3O/c1-3-4-15(19)16-14-9-10-18(17-14)11-13-7-5-12(2)6-8-13/h5-10H,3-4,11H2,1-2H3,(H,16,17,19). The average molecular weight is 257 g/mol. The van der Waals surface area contributed by atoms with E-state index in [2.05, 4.69) is 41.6 Å². The molecule has 1 amide bonds. The number of aromatic nitrogens is 2. The van der Waals surface area contributed by atoms with Gasteiger partial charge in [0.15, 0.2) is 5.82 Å². The van der Waals surface area contributed by atoms with Gasteiger partial charge in [-0.1, -0.05) is 36.8 Å². The van der Waals surface area contributed by atoms with E-state index in [0.717, 1.165) is 6.42 Å². The van der Waals surface area contributed by atoms with Crippen LogP contribution in [0.3, 0.4) is 0 Å². The second kappa shape index (κ2) is 6.18. The fourth-order valence-electron chi connectivity index (χ4n) is 1.83. The van der Waals surface area contributed by atoms with Crippen molar-refractivity contribution in [3.05, 3.63) is 47.7 Å². The van der Waals surface area contributed by atoms with Crippen molar-refractivity contribution in [3.63, 3.8) is 0 Å². The topological polar surface area (TPSA) is 46.9 Å². The van der Waals surface area contributed by atoms with Crippen LogP contribution < -0.4 is 5.32 Å². The zero-order valence-corrected chi connectivity index (χ0v) is 11.4. The first-order chi connectivity index (χ1) is 9.17. The third-order valence-electron chi connectivity index (χ3n) is 2.85. The van der Waals surface area contributed by atoms with E-state index in [4.69, 9.17) is 0 Å². The molecule has 0 saturated carbocycles. The lowest BCUT2D eigenvalue weighted by Crippen LogP contribution is -2.11. The Morgan fingerprint density at radius 3 is 2.68 bits per heavy atom. The summed E-state index contributed by atoms with van der Waals surface area (Å²) in [4.78, 5) is 11.5. The molecule has 100 valence electrons. The van der Waals surface area contributed by atoms with E-state index in [-0.39, 0.29) is 5.91 Å². The van der Waals surface area contributed by atoms with Crippen LogP contribution in [0.5, 0.6) is 0 Å². The summed E-state index contributed by atoms with van der Waals surface area (Å²) in [5.41, 5.74) is 2.44. The lowest BCUT2D eigenvalue weighted by atomic mass is 10.1. The highest BCUT2D eigenvalue weighted by Gasteiger charge is 2.04. The molecule has 1 N–H and O–H groups in total. The van der Waals surface area contributed by atoms with Crippen LogP contribution in [0.25, 0.3) is 0 Å². The molecular formula is C15H19N3O. The molecule has 0 aliphatic rings. The molecule has 0 radical (unpaired) electrons. The molecule has 0 spiro atoms. The molecule has 19 heavy (non-hydrogen) atoms. The highest BCUT2D eigenvalue weighted by atomic mass is 16.1. The fraction of sp³-hybridized carbons (Fsp3) is 0.333. The predicted molar refractivity (Wildman–Crippen MR) is 76.0 cm³/mol. The van der Waals surface area contributed by atoms with E-state index in [1.54, 1.807) is 0 Å². The minimum Gasteiger partial charge on any atom is -0.309 e. The summed E-state index contributed by atoms with van der Waals surface area (Å²) in [6.45, 7) is 4.76. The van der Waals surface area contributed by atoms with Crippen molar-refractivity contribution in [2.24, 2.45) is 0 Å². The van der Waals surface area contributed by atoms with Crippen LogP contribution in [0.1, 0.15) is 30.9 Å². The van der Waals surface area contributed by atoms with Crippen LogP contribution in [0, 0.1) is 6.92 Å². The summed E-state index contributed by atoms with van der Waals surface area (Å²) in [5.74, 6) is 0.633. The Kier molecular flexibility index (Phi) is 4.34. The molecule has 1 heterocycles. The molecule has 0 fully saturated rings. The van der Waals surface area contributed by atoms with E-state index in [1.165, 1.54) is 11.1 Å². The highest BCUT2D eigenvalue weighted by molar-refractivity contribution is 5.89. The fourth-order valence-corrected chi connectivity index (χ4v) is 1.83. The highest BCUT2D eigenvalue weighted by Crippen LogP contribution is 2.08. The third kappa shape index (κ3) is 3.95. The zero-order chi connectivity index (χ0) is 13.7. The molecule has 4 heteroatoms. The van der Waals surface area contributed by atoms with Gasteiger partial charge in [-0.25, -0.2) is 0 Å². The molecule has 1 aromatic carbocycles. The summed E-state index contributed by atoms with van der Waals surface area (Å²) >= 11 is 0. The first-order valence-corrected chi connectivity index (χ1v) is 6.56. The Morgan fingerprint density at radius 1 is 1.26 bits per heavy atom. The number of nitrogens with zero attached hydrogens (tertiary/aromatic N) is 2. The Hall–Kier alpha value is -2.10. The molecule has 0 bridgehead atoms. The first-order valence-electron chi connectivity index (χ1n) is 6.56. The number of anilines is 1. The largest absolute Gasteiger partial charge is 0.309 e. The van der Waals surface area contributed by atoms with E-state index >= 15 is 0 Å². The van der Waals surface area contributed by atoms with Crippen LogP contribution in [-0.2, 0) is 11.3 Å². The summed E-state index contributed by atoms with van der Waals surface area (Å²) in [7, 11) is 0. The second-order valence-electron chi connectivity index (χ2n) is 4.68. The predicted octanol–water partition coefficient (Wildman–Crippen LogP) is 2.98. The molecule has 0 atom stereocenters. The number of carbonyl (C=O) groups excluding carboxylic acids is 1. The van der Waals surface area contributed by atoms with Gasteiger partial charge in [0.05, 0.1) is 6.54 Å². The molecule has 0 saturated heterocycles. The van der Waals surface area contributed by atoms with Gasteiger partial charge in [-0.3, -0.25) is 9.48 Å². The van der Waals surface area contributed by atoms with Gasteiger partial charge in [-0.15, -0.1) is 0 Å². The smallest absolute Gasteiger partial charge is 0.225 e. The number of nitrogens with one attached hydrogen (secondary N) is 1. The van der Waals surface area contributed by atoms with Crippen LogP contribution in [0.15, 0.2) is 36.5 Å². The minimum atomic E-state index is 0.0167. The van der Waals surface area contributed by atoms with Gasteiger partial charge < -0.3 is 5.32 Å². The minimum absolute atomic E-state index is 0.0167. The number of amides is 1. The second-order valence-corrected chi connectivity index (χ2v) is 4.68. The number of hydrogen-bond donors (Lipinski definition) is 1. The Balaban J connectivity index is 1.97. The Labute approximate surface area is 113 Å². The van der Waals surface area contributed by atoms with E-state index in [9.17, 15) is 4.79 Å². The van der Waals surface area contributed by atoms with Crippen LogP contribution >= 0.6 is 0 Å². The lowest BCUT2D eigenvalue weighted by molar-refractivity contribution is -0.116. The van der Waals surface area contributed by atoms with Crippen LogP contribution in [0.2, 0.25) is 0 Å². The van der Waals surface area contributed by atoms with E-state index in [1.807, 2.05) is 23.9 Å². The number of benzene rings is 1. The Morgan fingerprint density at radius 2 is 2.00 bits per heavy atom. The van der Waals surface area contributed by atoms with E-state index in [0.29, 0.717) is 18.8 Å². The molecule has 0 unspecified atom stereocenters. The number of aryl methyl sites for hydroxylation is 1. The Bertz CT molecular complexity index is 543. The van der Waals surface area contributed by atoms with Crippen molar-refractivity contribution in [2.75, 3.05) is 5.32 Å². The quantitative estimate of drug-likeness (QED) is 0.895. The molecule has 2 aromatic rings. The molecule has 2 rings (SSSR count). The van der Waals surface area contributed by atoms with Crippen molar-refractivity contribution >= 4 is 11.7 Å². The number of carbonyl (C=O) groups is 1. The number of hydrogen-bond acceptors (Lipinski definition) is 2. The molecule has 0 aliphatic heterocycles. The van der Waals surface area contributed by atoms with Gasteiger partial charge in [0.25, 0.3) is 0 Å². The van der Waals surface area contributed by atoms with E-state index < -0.39 is 0 Å². The third-order valence-corrected chi connectivity index (χ3v) is 2.85. The van der Waals surface area contributed by atoms with Gasteiger partial charge >= 0.3 is 0 Å². The average Bonchev–Trinajstić information content (AvgIpc) is 2.80. The summed E-state index contributed by atoms with van der Waals surface area (Å²) < 4.78 is 1.83. The molecule has 0 aliphatic carbocycles. The zero-order valence-electron chi connectivity index (χ0n) is 11.4. The summed E-state index contributed by atoms with van der Waals surface area (Å²) in [6, 6.07) is 10.2. The van der Waals surface area contributed by atoms with Gasteiger partial charge in [0.1, 0.15) is 0 Å². The number of rotatable bonds is 5. The van der Waals surface area contributed by atoms with Crippen molar-refractivity contribution < 1.29 is 4.79 Å². The van der Waals surface area contributed by atoms with Crippen LogP contribution in [0.4, 0.5) is 5.82 Å². The maximum atomic E-state index is 11.5. The van der Waals surface area contributed by atoms with Crippen molar-refractivity contribution in [1.29, 1.82) is 0 Å². The monoisotopic (exact) mass is 257 g/mol. The van der Waals surface area contributed by atoms with Crippen LogP contribution in [-0.4, -0.2) is 15.7 Å². The summed E-state index contributed by atoms with van der Waals surface area (Å²) in [6.07, 6.45) is 3.25. The summed E-state index contributed by atoms with van der Waals surface area (Å²) in [5, 5.41) is 7.12. The lowest BCUT2D eigenvalue weighted by Gasteiger charge is -2.03. The molecule has 4 nitrogen and oxygen atoms in total. The molecular weight excluding hydrogens is 238 g/mol. The van der Waals surface area contributed by atoms with Gasteiger partial charge in [-0.2, -0.15) is 5.10 Å². The van der Waals surface area contributed by atoms with Gasteiger partial charge in [0, 0.05) is 18.7 Å². The SMILES string of the molecule is CCCC(=O)Nc1ccn(Cc2ccc(C)cc2)n1. The van der Waals surface area contributed by atoms with Gasteiger partial charge in [0.2, 0.25) is 5.91 Å². The van der Waals surface area contributed by atoms with Crippen molar-refractivity contribution in [1.82, 2.24) is 9.78 Å². The molecule has 1 aromatic heterocycles. The van der Waals surface area contributed by atoms with Crippen molar-refractivity contribution in [3.8, 4) is 0 Å². The maximum absolute atomic E-state index is 11.5. The van der Waals surface area contributed by atoms with Crippen molar-refractivity contribution in [2.45, 2.75) is 33.2 Å².